The van der Waals surface area contributed by atoms with Crippen LogP contribution in [0, 0.1) is 5.92 Å². The number of para-hydroxylation sites is 2. The van der Waals surface area contributed by atoms with Gasteiger partial charge in [0, 0.05) is 24.4 Å². The van der Waals surface area contributed by atoms with Crippen LogP contribution >= 0.6 is 0 Å². The summed E-state index contributed by atoms with van der Waals surface area (Å²) in [5.74, 6) is 1.56. The van der Waals surface area contributed by atoms with Crippen molar-refractivity contribution in [1.29, 1.82) is 0 Å². The average Bonchev–Trinajstić information content (AvgIpc) is 3.08. The van der Waals surface area contributed by atoms with Crippen LogP contribution in [-0.2, 0) is 16.1 Å². The number of rotatable bonds is 9. The van der Waals surface area contributed by atoms with E-state index in [0.717, 1.165) is 18.4 Å². The minimum Gasteiger partial charge on any atom is -0.490 e. The summed E-state index contributed by atoms with van der Waals surface area (Å²) in [6.07, 6.45) is 3.41. The van der Waals surface area contributed by atoms with Crippen molar-refractivity contribution in [3.63, 3.8) is 0 Å². The van der Waals surface area contributed by atoms with E-state index < -0.39 is 0 Å². The van der Waals surface area contributed by atoms with Crippen molar-refractivity contribution in [2.75, 3.05) is 13.2 Å². The maximum atomic E-state index is 12.9. The Morgan fingerprint density at radius 3 is 2.19 bits per heavy atom. The summed E-state index contributed by atoms with van der Waals surface area (Å²) in [5.41, 5.74) is 0.976. The van der Waals surface area contributed by atoms with E-state index in [-0.39, 0.29) is 36.5 Å². The lowest BCUT2D eigenvalue weighted by atomic mass is 9.86. The standard InChI is InChI=1S/C26H31NO5/c1-2-30-24-10-6-7-11-25(24)31-15-14-23(28)20-16-21-12-13-22(17-20)27(21)26(29)32-18-19-8-4-3-5-9-19/h3-11,20-22H,2,12-18H2,1H3. The van der Waals surface area contributed by atoms with Crippen molar-refractivity contribution < 1.29 is 23.8 Å². The van der Waals surface area contributed by atoms with Gasteiger partial charge in [0.1, 0.15) is 12.4 Å². The Balaban J connectivity index is 1.26. The van der Waals surface area contributed by atoms with Crippen LogP contribution in [0.5, 0.6) is 11.5 Å². The summed E-state index contributed by atoms with van der Waals surface area (Å²) >= 11 is 0. The summed E-state index contributed by atoms with van der Waals surface area (Å²) in [6.45, 7) is 3.10. The molecular formula is C26H31NO5. The van der Waals surface area contributed by atoms with Gasteiger partial charge in [-0.2, -0.15) is 0 Å². The first-order chi connectivity index (χ1) is 15.7. The van der Waals surface area contributed by atoms with Crippen LogP contribution in [0.25, 0.3) is 0 Å². The molecule has 2 atom stereocenters. The van der Waals surface area contributed by atoms with E-state index in [2.05, 4.69) is 0 Å². The molecule has 0 radical (unpaired) electrons. The lowest BCUT2D eigenvalue weighted by Crippen LogP contribution is -2.48. The maximum absolute atomic E-state index is 12.9. The second-order valence-corrected chi connectivity index (χ2v) is 8.45. The van der Waals surface area contributed by atoms with Crippen molar-refractivity contribution >= 4 is 11.9 Å². The van der Waals surface area contributed by atoms with Crippen LogP contribution in [0.4, 0.5) is 4.79 Å². The number of ether oxygens (including phenoxy) is 3. The lowest BCUT2D eigenvalue weighted by Gasteiger charge is -2.37. The van der Waals surface area contributed by atoms with Gasteiger partial charge in [0.15, 0.2) is 11.5 Å². The van der Waals surface area contributed by atoms with Gasteiger partial charge in [0.25, 0.3) is 0 Å². The molecule has 170 valence electrons. The van der Waals surface area contributed by atoms with Gasteiger partial charge in [-0.25, -0.2) is 4.79 Å². The number of amides is 1. The normalized spacial score (nSPS) is 21.8. The topological polar surface area (TPSA) is 65.1 Å². The summed E-state index contributed by atoms with van der Waals surface area (Å²) in [5, 5.41) is 0. The minimum atomic E-state index is -0.261. The third-order valence-corrected chi connectivity index (χ3v) is 6.36. The third-order valence-electron chi connectivity index (χ3n) is 6.36. The van der Waals surface area contributed by atoms with E-state index in [4.69, 9.17) is 14.2 Å². The van der Waals surface area contributed by atoms with Crippen molar-refractivity contribution in [3.8, 4) is 11.5 Å². The van der Waals surface area contributed by atoms with Crippen LogP contribution in [0.1, 0.15) is 44.6 Å². The van der Waals surface area contributed by atoms with Crippen LogP contribution in [0.3, 0.4) is 0 Å². The van der Waals surface area contributed by atoms with E-state index in [1.165, 1.54) is 0 Å². The summed E-state index contributed by atoms with van der Waals surface area (Å²) < 4.78 is 17.0. The van der Waals surface area contributed by atoms with E-state index in [1.807, 2.05) is 66.4 Å². The molecule has 0 aliphatic carbocycles. The van der Waals surface area contributed by atoms with Gasteiger partial charge in [-0.3, -0.25) is 4.79 Å². The monoisotopic (exact) mass is 437 g/mol. The summed E-state index contributed by atoms with van der Waals surface area (Å²) in [7, 11) is 0. The van der Waals surface area contributed by atoms with Crippen LogP contribution in [-0.4, -0.2) is 42.1 Å². The summed E-state index contributed by atoms with van der Waals surface area (Å²) in [4.78, 5) is 27.4. The third kappa shape index (κ3) is 5.23. The van der Waals surface area contributed by atoms with Crippen molar-refractivity contribution in [1.82, 2.24) is 4.90 Å². The molecule has 0 N–H and O–H groups in total. The minimum absolute atomic E-state index is 0.0172. The summed E-state index contributed by atoms with van der Waals surface area (Å²) in [6, 6.07) is 17.4. The lowest BCUT2D eigenvalue weighted by molar-refractivity contribution is -0.125. The number of benzene rings is 2. The molecular weight excluding hydrogens is 406 g/mol. The number of hydrogen-bond acceptors (Lipinski definition) is 5. The SMILES string of the molecule is CCOc1ccccc1OCCC(=O)C1CC2CCC(C1)N2C(=O)OCc1ccccc1. The van der Waals surface area contributed by atoms with Crippen molar-refractivity contribution in [2.45, 2.75) is 57.7 Å². The molecule has 2 aromatic rings. The fraction of sp³-hybridized carbons (Fsp3) is 0.462. The van der Waals surface area contributed by atoms with Crippen molar-refractivity contribution in [2.24, 2.45) is 5.92 Å². The number of ketones is 1. The van der Waals surface area contributed by atoms with Crippen LogP contribution < -0.4 is 9.47 Å². The van der Waals surface area contributed by atoms with E-state index >= 15 is 0 Å². The molecule has 4 rings (SSSR count). The Bertz CT molecular complexity index is 901. The Morgan fingerprint density at radius 2 is 1.53 bits per heavy atom. The number of hydrogen-bond donors (Lipinski definition) is 0. The zero-order valence-corrected chi connectivity index (χ0v) is 18.6. The molecule has 2 fully saturated rings. The Kier molecular flexibility index (Phi) is 7.30. The fourth-order valence-electron chi connectivity index (χ4n) is 4.84. The molecule has 2 heterocycles. The molecule has 32 heavy (non-hydrogen) atoms. The Labute approximate surface area is 189 Å². The molecule has 1 amide bonds. The highest BCUT2D eigenvalue weighted by Gasteiger charge is 2.45. The first-order valence-corrected chi connectivity index (χ1v) is 11.5. The Morgan fingerprint density at radius 1 is 0.906 bits per heavy atom. The molecule has 2 bridgehead atoms. The highest BCUT2D eigenvalue weighted by molar-refractivity contribution is 5.82. The van der Waals surface area contributed by atoms with Crippen molar-refractivity contribution in [3.05, 3.63) is 60.2 Å². The van der Waals surface area contributed by atoms with Gasteiger partial charge in [0.05, 0.1) is 13.2 Å². The van der Waals surface area contributed by atoms with E-state index in [0.29, 0.717) is 44.0 Å². The smallest absolute Gasteiger partial charge is 0.410 e. The number of piperidine rings is 1. The number of carbonyl (C=O) groups excluding carboxylic acids is 2. The molecule has 2 aliphatic heterocycles. The number of Topliss-reactive ketones (excluding diaryl/α,β-unsaturated/α-hetero) is 1. The largest absolute Gasteiger partial charge is 0.490 e. The zero-order valence-electron chi connectivity index (χ0n) is 18.6. The quantitative estimate of drug-likeness (QED) is 0.552. The zero-order chi connectivity index (χ0) is 22.3. The van der Waals surface area contributed by atoms with Gasteiger partial charge < -0.3 is 19.1 Å². The van der Waals surface area contributed by atoms with Gasteiger partial charge in [-0.1, -0.05) is 42.5 Å². The number of carbonyl (C=O) groups is 2. The molecule has 2 unspecified atom stereocenters. The van der Waals surface area contributed by atoms with E-state index in [1.54, 1.807) is 0 Å². The molecule has 2 aromatic carbocycles. The Hall–Kier alpha value is -3.02. The van der Waals surface area contributed by atoms with E-state index in [9.17, 15) is 9.59 Å². The number of fused-ring (bicyclic) bond motifs is 2. The second kappa shape index (κ2) is 10.5. The predicted molar refractivity (Wildman–Crippen MR) is 121 cm³/mol. The highest BCUT2D eigenvalue weighted by atomic mass is 16.6. The number of nitrogens with zero attached hydrogens (tertiary/aromatic N) is 1. The molecule has 0 spiro atoms. The van der Waals surface area contributed by atoms with Gasteiger partial charge in [-0.15, -0.1) is 0 Å². The van der Waals surface area contributed by atoms with Gasteiger partial charge in [-0.05, 0) is 50.3 Å². The molecule has 2 aliphatic rings. The molecule has 0 aromatic heterocycles. The predicted octanol–water partition coefficient (Wildman–Crippen LogP) is 5.00. The molecule has 0 saturated carbocycles. The first-order valence-electron chi connectivity index (χ1n) is 11.5. The van der Waals surface area contributed by atoms with Gasteiger partial charge in [0.2, 0.25) is 0 Å². The van der Waals surface area contributed by atoms with Crippen LogP contribution in [0.15, 0.2) is 54.6 Å². The average molecular weight is 438 g/mol. The molecule has 6 nitrogen and oxygen atoms in total. The fourth-order valence-corrected chi connectivity index (χ4v) is 4.84. The molecule has 6 heteroatoms. The van der Waals surface area contributed by atoms with Gasteiger partial charge >= 0.3 is 6.09 Å². The highest BCUT2D eigenvalue weighted by Crippen LogP contribution is 2.40. The second-order valence-electron chi connectivity index (χ2n) is 8.45. The molecule has 2 saturated heterocycles. The van der Waals surface area contributed by atoms with Crippen LogP contribution in [0.2, 0.25) is 0 Å². The maximum Gasteiger partial charge on any atom is 0.410 e. The first kappa shape index (κ1) is 22.2.